The van der Waals surface area contributed by atoms with Crippen molar-refractivity contribution in [3.8, 4) is 11.5 Å². The molecule has 0 spiro atoms. The third kappa shape index (κ3) is 3.40. The third-order valence-electron chi connectivity index (χ3n) is 3.99. The van der Waals surface area contributed by atoms with E-state index in [1.54, 1.807) is 0 Å². The van der Waals surface area contributed by atoms with Crippen molar-refractivity contribution in [1.29, 1.82) is 0 Å². The van der Waals surface area contributed by atoms with Crippen molar-refractivity contribution in [2.24, 2.45) is 0 Å². The maximum atomic E-state index is 6.02. The normalized spacial score (nSPS) is 16.2. The van der Waals surface area contributed by atoms with E-state index >= 15 is 0 Å². The zero-order valence-corrected chi connectivity index (χ0v) is 13.2. The number of rotatable bonds is 4. The lowest BCUT2D eigenvalue weighted by Gasteiger charge is -2.19. The summed E-state index contributed by atoms with van der Waals surface area (Å²) in [4.78, 5) is 4.51. The molecule has 1 aromatic carbocycles. The number of nitrogens with two attached hydrogens (primary N) is 1. The number of thioether (sulfide) groups is 1. The van der Waals surface area contributed by atoms with Crippen LogP contribution in [0.5, 0.6) is 0 Å². The molecule has 1 fully saturated rings. The highest BCUT2D eigenvalue weighted by Gasteiger charge is 2.17. The van der Waals surface area contributed by atoms with E-state index in [1.165, 1.54) is 32.1 Å². The van der Waals surface area contributed by atoms with Crippen LogP contribution in [0.15, 0.2) is 22.7 Å². The minimum atomic E-state index is 0.532. The lowest BCUT2D eigenvalue weighted by Crippen LogP contribution is -2.08. The lowest BCUT2D eigenvalue weighted by molar-refractivity contribution is 0.425. The molecule has 1 saturated carbocycles. The monoisotopic (exact) mass is 303 g/mol. The number of benzene rings is 1. The number of nitrogen functional groups attached to an aromatic ring is 1. The molecule has 0 bridgehead atoms. The molecule has 5 heteroatoms. The molecule has 1 aliphatic carbocycles. The first kappa shape index (κ1) is 14.4. The fraction of sp³-hybridized carbons (Fsp3) is 0.500. The second kappa shape index (κ2) is 6.52. The number of anilines is 1. The van der Waals surface area contributed by atoms with Gasteiger partial charge < -0.3 is 10.3 Å². The smallest absolute Gasteiger partial charge is 0.260 e. The van der Waals surface area contributed by atoms with Crippen LogP contribution in [0, 0.1) is 6.92 Å². The summed E-state index contributed by atoms with van der Waals surface area (Å²) in [7, 11) is 0. The minimum absolute atomic E-state index is 0.532. The SMILES string of the molecule is Cc1cccc(N)c1-c1nc(CSC2CCCCC2)no1. The van der Waals surface area contributed by atoms with Gasteiger partial charge in [-0.2, -0.15) is 16.7 Å². The van der Waals surface area contributed by atoms with E-state index in [2.05, 4.69) is 10.1 Å². The first-order valence-electron chi connectivity index (χ1n) is 7.53. The summed E-state index contributed by atoms with van der Waals surface area (Å²) in [6.07, 6.45) is 6.74. The van der Waals surface area contributed by atoms with Gasteiger partial charge >= 0.3 is 0 Å². The molecule has 1 aliphatic rings. The Morgan fingerprint density at radius 1 is 1.29 bits per heavy atom. The maximum Gasteiger partial charge on any atom is 0.260 e. The summed E-state index contributed by atoms with van der Waals surface area (Å²) in [5.41, 5.74) is 8.63. The molecule has 1 aromatic heterocycles. The Balaban J connectivity index is 1.68. The van der Waals surface area contributed by atoms with Crippen LogP contribution in [0.25, 0.3) is 11.5 Å². The molecule has 21 heavy (non-hydrogen) atoms. The second-order valence-corrected chi connectivity index (χ2v) is 6.91. The van der Waals surface area contributed by atoms with Crippen molar-refractivity contribution in [2.45, 2.75) is 50.0 Å². The number of hydrogen-bond donors (Lipinski definition) is 1. The number of aromatic nitrogens is 2. The molecule has 0 atom stereocenters. The van der Waals surface area contributed by atoms with Gasteiger partial charge in [0.05, 0.1) is 11.3 Å². The lowest BCUT2D eigenvalue weighted by atomic mass is 10.0. The summed E-state index contributed by atoms with van der Waals surface area (Å²) in [6, 6.07) is 5.81. The van der Waals surface area contributed by atoms with E-state index in [4.69, 9.17) is 10.3 Å². The average molecular weight is 303 g/mol. The van der Waals surface area contributed by atoms with Gasteiger partial charge in [-0.15, -0.1) is 0 Å². The van der Waals surface area contributed by atoms with Gasteiger partial charge in [-0.3, -0.25) is 0 Å². The van der Waals surface area contributed by atoms with Crippen LogP contribution in [-0.4, -0.2) is 15.4 Å². The van der Waals surface area contributed by atoms with E-state index in [9.17, 15) is 0 Å². The predicted molar refractivity (Wildman–Crippen MR) is 87.1 cm³/mol. The summed E-state index contributed by atoms with van der Waals surface area (Å²) < 4.78 is 5.40. The Morgan fingerprint density at radius 2 is 2.10 bits per heavy atom. The van der Waals surface area contributed by atoms with Gasteiger partial charge in [0.15, 0.2) is 5.82 Å². The Labute approximate surface area is 129 Å². The molecule has 2 aromatic rings. The van der Waals surface area contributed by atoms with Gasteiger partial charge in [0.1, 0.15) is 0 Å². The fourth-order valence-electron chi connectivity index (χ4n) is 2.82. The van der Waals surface area contributed by atoms with Gasteiger partial charge in [-0.25, -0.2) is 0 Å². The maximum absolute atomic E-state index is 6.02. The number of aryl methyl sites for hydroxylation is 1. The summed E-state index contributed by atoms with van der Waals surface area (Å²) >= 11 is 1.95. The van der Waals surface area contributed by atoms with Gasteiger partial charge in [-0.1, -0.05) is 36.6 Å². The summed E-state index contributed by atoms with van der Waals surface area (Å²) in [6.45, 7) is 2.01. The highest BCUT2D eigenvalue weighted by Crippen LogP contribution is 2.31. The highest BCUT2D eigenvalue weighted by molar-refractivity contribution is 7.99. The van der Waals surface area contributed by atoms with Crippen LogP contribution in [0.3, 0.4) is 0 Å². The molecule has 0 amide bonds. The molecular weight excluding hydrogens is 282 g/mol. The molecule has 4 nitrogen and oxygen atoms in total. The number of hydrogen-bond acceptors (Lipinski definition) is 5. The van der Waals surface area contributed by atoms with Crippen LogP contribution in [0.4, 0.5) is 5.69 Å². The topological polar surface area (TPSA) is 64.9 Å². The fourth-order valence-corrected chi connectivity index (χ4v) is 3.99. The van der Waals surface area contributed by atoms with Crippen LogP contribution < -0.4 is 5.73 Å². The largest absolute Gasteiger partial charge is 0.398 e. The van der Waals surface area contributed by atoms with Crippen molar-refractivity contribution in [3.63, 3.8) is 0 Å². The Bertz CT molecular complexity index is 585. The molecule has 0 radical (unpaired) electrons. The number of nitrogens with zero attached hydrogens (tertiary/aromatic N) is 2. The molecule has 0 aliphatic heterocycles. The highest BCUT2D eigenvalue weighted by atomic mass is 32.2. The van der Waals surface area contributed by atoms with Crippen molar-refractivity contribution < 1.29 is 4.52 Å². The van der Waals surface area contributed by atoms with Crippen LogP contribution in [-0.2, 0) is 5.75 Å². The quantitative estimate of drug-likeness (QED) is 0.858. The molecule has 0 saturated heterocycles. The van der Waals surface area contributed by atoms with Crippen LogP contribution in [0.1, 0.15) is 43.5 Å². The van der Waals surface area contributed by atoms with E-state index in [1.807, 2.05) is 36.9 Å². The van der Waals surface area contributed by atoms with Crippen molar-refractivity contribution in [3.05, 3.63) is 29.6 Å². The summed E-state index contributed by atoms with van der Waals surface area (Å²) in [5, 5.41) is 4.85. The molecule has 112 valence electrons. The van der Waals surface area contributed by atoms with Gasteiger partial charge in [0, 0.05) is 10.9 Å². The predicted octanol–water partition coefficient (Wildman–Crippen LogP) is 4.19. The van der Waals surface area contributed by atoms with E-state index in [0.717, 1.165) is 28.0 Å². The van der Waals surface area contributed by atoms with E-state index < -0.39 is 0 Å². The molecule has 0 unspecified atom stereocenters. The van der Waals surface area contributed by atoms with Gasteiger partial charge in [-0.05, 0) is 31.4 Å². The summed E-state index contributed by atoms with van der Waals surface area (Å²) in [5.74, 6) is 2.12. The van der Waals surface area contributed by atoms with Crippen molar-refractivity contribution in [1.82, 2.24) is 10.1 Å². The van der Waals surface area contributed by atoms with E-state index in [-0.39, 0.29) is 0 Å². The first-order chi connectivity index (χ1) is 10.2. The standard InChI is InChI=1S/C16H21N3OS/c1-11-6-5-9-13(17)15(11)16-18-14(19-20-16)10-21-12-7-3-2-4-8-12/h5-6,9,12H,2-4,7-8,10,17H2,1H3. The zero-order valence-electron chi connectivity index (χ0n) is 12.3. The van der Waals surface area contributed by atoms with Crippen LogP contribution >= 0.6 is 11.8 Å². The first-order valence-corrected chi connectivity index (χ1v) is 8.58. The average Bonchev–Trinajstić information content (AvgIpc) is 2.95. The van der Waals surface area contributed by atoms with Crippen LogP contribution in [0.2, 0.25) is 0 Å². The van der Waals surface area contributed by atoms with Gasteiger partial charge in [0.25, 0.3) is 5.89 Å². The molecule has 2 N–H and O–H groups in total. The Kier molecular flexibility index (Phi) is 4.48. The second-order valence-electron chi connectivity index (χ2n) is 5.63. The van der Waals surface area contributed by atoms with E-state index in [0.29, 0.717) is 11.6 Å². The Morgan fingerprint density at radius 3 is 2.86 bits per heavy atom. The minimum Gasteiger partial charge on any atom is -0.398 e. The third-order valence-corrected chi connectivity index (χ3v) is 5.35. The molecule has 1 heterocycles. The Hall–Kier alpha value is -1.49. The van der Waals surface area contributed by atoms with Crippen molar-refractivity contribution >= 4 is 17.4 Å². The van der Waals surface area contributed by atoms with Crippen molar-refractivity contribution in [2.75, 3.05) is 5.73 Å². The molecular formula is C16H21N3OS. The van der Waals surface area contributed by atoms with Gasteiger partial charge in [0.2, 0.25) is 0 Å². The molecule has 3 rings (SSSR count). The zero-order chi connectivity index (χ0) is 14.7.